The zero-order chi connectivity index (χ0) is 37.5. The molecule has 0 fully saturated rings. The largest absolute Gasteiger partial charge is 0.427 e. The molecule has 2 aromatic carbocycles. The number of unbranched alkanes of at least 4 members (excludes halogenated alkanes) is 12. The van der Waals surface area contributed by atoms with Crippen LogP contribution in [0.2, 0.25) is 0 Å². The van der Waals surface area contributed by atoms with Gasteiger partial charge in [-0.05, 0) is 97.7 Å². The van der Waals surface area contributed by atoms with E-state index in [1.165, 1.54) is 77.0 Å². The molecule has 0 N–H and O–H groups in total. The molecule has 284 valence electrons. The number of carbonyl (C=O) groups excluding carboxylic acids is 2. The summed E-state index contributed by atoms with van der Waals surface area (Å²) >= 11 is 0. The Morgan fingerprint density at radius 3 is 1.32 bits per heavy atom. The summed E-state index contributed by atoms with van der Waals surface area (Å²) in [5.41, 5.74) is 4.05. The average Bonchev–Trinajstić information content (AvgIpc) is 3.17. The van der Waals surface area contributed by atoms with Crippen LogP contribution in [0.1, 0.15) is 141 Å². The highest BCUT2D eigenvalue weighted by atomic mass is 16.5. The van der Waals surface area contributed by atoms with Gasteiger partial charge >= 0.3 is 11.9 Å². The van der Waals surface area contributed by atoms with Crippen molar-refractivity contribution in [3.63, 3.8) is 0 Å². The summed E-state index contributed by atoms with van der Waals surface area (Å²) in [6.07, 6.45) is 28.5. The van der Waals surface area contributed by atoms with Gasteiger partial charge in [0, 0.05) is 48.8 Å². The van der Waals surface area contributed by atoms with Crippen molar-refractivity contribution >= 4 is 11.9 Å². The average molecular weight is 721 g/mol. The molecule has 0 aliphatic carbocycles. The summed E-state index contributed by atoms with van der Waals surface area (Å²) in [6, 6.07) is 14.5. The summed E-state index contributed by atoms with van der Waals surface area (Å²) in [4.78, 5) is 43.4. The molecule has 53 heavy (non-hydrogen) atoms. The van der Waals surface area contributed by atoms with E-state index in [1.807, 2.05) is 56.0 Å². The van der Waals surface area contributed by atoms with Crippen LogP contribution in [0.25, 0.3) is 22.8 Å². The standard InChI is InChI=1S/C45H60N4O4/c1-4-6-8-10-12-14-16-18-36-31-46-44(47-32-36)38-21-25-40(26-22-38)52-42(50)29-20-35(3)30-43(51)53-41-27-23-39(24-28-41)45-48-33-37(34-49-45)19-17-15-13-11-9-7-5-2/h21-28,31-35H,4-20,29-30H2,1-3H3/t35-/m1/s1. The van der Waals surface area contributed by atoms with Crippen molar-refractivity contribution in [3.05, 3.63) is 84.4 Å². The molecule has 0 unspecified atom stereocenters. The van der Waals surface area contributed by atoms with E-state index in [2.05, 4.69) is 33.8 Å². The lowest BCUT2D eigenvalue weighted by molar-refractivity contribution is -0.137. The summed E-state index contributed by atoms with van der Waals surface area (Å²) in [6.45, 7) is 6.42. The quantitative estimate of drug-likeness (QED) is 0.0378. The summed E-state index contributed by atoms with van der Waals surface area (Å²) in [7, 11) is 0. The first-order valence-electron chi connectivity index (χ1n) is 20.2. The van der Waals surface area contributed by atoms with Crippen molar-refractivity contribution in [2.24, 2.45) is 5.92 Å². The van der Waals surface area contributed by atoms with Crippen LogP contribution in [0, 0.1) is 5.92 Å². The summed E-state index contributed by atoms with van der Waals surface area (Å²) in [5.74, 6) is 1.51. The Hall–Kier alpha value is -4.46. The van der Waals surface area contributed by atoms with Gasteiger partial charge in [0.2, 0.25) is 0 Å². The molecule has 2 heterocycles. The van der Waals surface area contributed by atoms with E-state index in [9.17, 15) is 9.59 Å². The highest BCUT2D eigenvalue weighted by Crippen LogP contribution is 2.23. The Bertz CT molecular complexity index is 1610. The van der Waals surface area contributed by atoms with Gasteiger partial charge in [-0.1, -0.05) is 97.8 Å². The van der Waals surface area contributed by atoms with Crippen LogP contribution in [0.3, 0.4) is 0 Å². The van der Waals surface area contributed by atoms with Crippen molar-refractivity contribution in [2.75, 3.05) is 0 Å². The number of hydrogen-bond acceptors (Lipinski definition) is 8. The maximum atomic E-state index is 12.6. The third-order valence-electron chi connectivity index (χ3n) is 9.59. The molecule has 4 rings (SSSR count). The van der Waals surface area contributed by atoms with Crippen LogP contribution in [0.5, 0.6) is 11.5 Å². The highest BCUT2D eigenvalue weighted by Gasteiger charge is 2.15. The van der Waals surface area contributed by atoms with Gasteiger partial charge in [0.05, 0.1) is 0 Å². The van der Waals surface area contributed by atoms with E-state index >= 15 is 0 Å². The van der Waals surface area contributed by atoms with Gasteiger partial charge in [0.15, 0.2) is 11.6 Å². The molecular formula is C45H60N4O4. The molecule has 2 aromatic heterocycles. The second-order valence-corrected chi connectivity index (χ2v) is 14.4. The molecule has 0 saturated heterocycles. The van der Waals surface area contributed by atoms with Gasteiger partial charge < -0.3 is 9.47 Å². The second-order valence-electron chi connectivity index (χ2n) is 14.4. The van der Waals surface area contributed by atoms with E-state index < -0.39 is 0 Å². The molecule has 8 heteroatoms. The van der Waals surface area contributed by atoms with E-state index in [-0.39, 0.29) is 30.7 Å². The van der Waals surface area contributed by atoms with E-state index in [4.69, 9.17) is 9.47 Å². The predicted octanol–water partition coefficient (Wildman–Crippen LogP) is 11.5. The number of esters is 2. The van der Waals surface area contributed by atoms with Crippen molar-refractivity contribution < 1.29 is 19.1 Å². The number of hydrogen-bond donors (Lipinski definition) is 0. The van der Waals surface area contributed by atoms with Crippen LogP contribution < -0.4 is 9.47 Å². The zero-order valence-corrected chi connectivity index (χ0v) is 32.4. The van der Waals surface area contributed by atoms with Gasteiger partial charge in [0.1, 0.15) is 11.5 Å². The zero-order valence-electron chi connectivity index (χ0n) is 32.4. The Morgan fingerprint density at radius 2 is 0.906 bits per heavy atom. The third-order valence-corrected chi connectivity index (χ3v) is 9.59. The number of rotatable bonds is 25. The van der Waals surface area contributed by atoms with Crippen molar-refractivity contribution in [3.8, 4) is 34.3 Å². The Balaban J connectivity index is 1.10. The van der Waals surface area contributed by atoms with Gasteiger partial charge in [-0.2, -0.15) is 0 Å². The fourth-order valence-electron chi connectivity index (χ4n) is 6.29. The number of nitrogens with zero attached hydrogens (tertiary/aromatic N) is 4. The minimum Gasteiger partial charge on any atom is -0.427 e. The number of ether oxygens (including phenoxy) is 2. The molecule has 8 nitrogen and oxygen atoms in total. The Labute approximate surface area is 317 Å². The predicted molar refractivity (Wildman–Crippen MR) is 213 cm³/mol. The van der Waals surface area contributed by atoms with E-state index in [0.717, 1.165) is 47.9 Å². The summed E-state index contributed by atoms with van der Waals surface area (Å²) in [5, 5.41) is 0. The molecular weight excluding hydrogens is 661 g/mol. The van der Waals surface area contributed by atoms with Crippen LogP contribution in [-0.2, 0) is 22.4 Å². The maximum absolute atomic E-state index is 12.6. The normalized spacial score (nSPS) is 11.7. The van der Waals surface area contributed by atoms with Crippen LogP contribution in [0.15, 0.2) is 73.3 Å². The number of benzene rings is 2. The fraction of sp³-hybridized carbons (Fsp3) is 0.511. The fourth-order valence-corrected chi connectivity index (χ4v) is 6.29. The smallest absolute Gasteiger partial charge is 0.311 e. The van der Waals surface area contributed by atoms with Crippen LogP contribution in [-0.4, -0.2) is 31.9 Å². The minimum atomic E-state index is -0.340. The SMILES string of the molecule is CCCCCCCCCc1cnc(-c2ccc(OC(=O)CC[C@@H](C)CC(=O)Oc3ccc(-c4ncc(CCCCCCCCC)cn4)cc3)cc2)nc1. The lowest BCUT2D eigenvalue weighted by Gasteiger charge is -2.11. The van der Waals surface area contributed by atoms with Crippen LogP contribution >= 0.6 is 0 Å². The van der Waals surface area contributed by atoms with Crippen molar-refractivity contribution in [2.45, 2.75) is 143 Å². The summed E-state index contributed by atoms with van der Waals surface area (Å²) < 4.78 is 11.1. The van der Waals surface area contributed by atoms with Crippen molar-refractivity contribution in [1.29, 1.82) is 0 Å². The van der Waals surface area contributed by atoms with Gasteiger partial charge in [-0.15, -0.1) is 0 Å². The first-order chi connectivity index (χ1) is 25.9. The molecule has 0 aliphatic rings. The van der Waals surface area contributed by atoms with Crippen LogP contribution in [0.4, 0.5) is 0 Å². The molecule has 1 atom stereocenters. The van der Waals surface area contributed by atoms with Crippen molar-refractivity contribution in [1.82, 2.24) is 19.9 Å². The monoisotopic (exact) mass is 720 g/mol. The maximum Gasteiger partial charge on any atom is 0.311 e. The molecule has 0 saturated carbocycles. The Morgan fingerprint density at radius 1 is 0.528 bits per heavy atom. The van der Waals surface area contributed by atoms with E-state index in [0.29, 0.717) is 29.6 Å². The van der Waals surface area contributed by atoms with Gasteiger partial charge in [0.25, 0.3) is 0 Å². The van der Waals surface area contributed by atoms with Gasteiger partial charge in [-0.25, -0.2) is 19.9 Å². The number of aryl methyl sites for hydroxylation is 2. The molecule has 0 radical (unpaired) electrons. The topological polar surface area (TPSA) is 104 Å². The highest BCUT2D eigenvalue weighted by molar-refractivity contribution is 5.74. The lowest BCUT2D eigenvalue weighted by Crippen LogP contribution is -2.15. The minimum absolute atomic E-state index is 0.0458. The lowest BCUT2D eigenvalue weighted by atomic mass is 10.0. The third kappa shape index (κ3) is 16.0. The number of aromatic nitrogens is 4. The second kappa shape index (κ2) is 24.0. The molecule has 0 spiro atoms. The first-order valence-corrected chi connectivity index (χ1v) is 20.2. The first kappa shape index (κ1) is 41.3. The molecule has 0 bridgehead atoms. The number of carbonyl (C=O) groups is 2. The van der Waals surface area contributed by atoms with E-state index in [1.54, 1.807) is 24.3 Å². The molecule has 0 amide bonds. The Kier molecular flexibility index (Phi) is 18.7. The molecule has 4 aromatic rings. The molecule has 0 aliphatic heterocycles. The van der Waals surface area contributed by atoms with Gasteiger partial charge in [-0.3, -0.25) is 9.59 Å².